The average molecular weight is 299 g/mol. The highest BCUT2D eigenvalue weighted by atomic mass is 35.5. The van der Waals surface area contributed by atoms with Crippen LogP contribution in [0.25, 0.3) is 22.4 Å². The van der Waals surface area contributed by atoms with Crippen LogP contribution in [-0.2, 0) is 6.18 Å². The van der Waals surface area contributed by atoms with Crippen molar-refractivity contribution in [2.24, 2.45) is 0 Å². The van der Waals surface area contributed by atoms with Gasteiger partial charge < -0.3 is 4.42 Å². The van der Waals surface area contributed by atoms with Crippen LogP contribution >= 0.6 is 11.6 Å². The summed E-state index contributed by atoms with van der Waals surface area (Å²) in [6, 6.07) is 5.44. The van der Waals surface area contributed by atoms with Crippen LogP contribution in [0.1, 0.15) is 5.69 Å². The molecule has 0 radical (unpaired) electrons. The van der Waals surface area contributed by atoms with Gasteiger partial charge in [0, 0.05) is 24.0 Å². The fourth-order valence-corrected chi connectivity index (χ4v) is 1.98. The highest BCUT2D eigenvalue weighted by Crippen LogP contribution is 2.33. The van der Waals surface area contributed by atoms with Crippen LogP contribution in [0.5, 0.6) is 0 Å². The Balaban J connectivity index is 2.14. The van der Waals surface area contributed by atoms with Crippen molar-refractivity contribution in [2.45, 2.75) is 6.18 Å². The summed E-state index contributed by atoms with van der Waals surface area (Å²) in [7, 11) is 0. The van der Waals surface area contributed by atoms with Gasteiger partial charge in [-0.25, -0.2) is 0 Å². The van der Waals surface area contributed by atoms with Crippen molar-refractivity contribution in [3.8, 4) is 11.3 Å². The lowest BCUT2D eigenvalue weighted by Gasteiger charge is -2.05. The Labute approximate surface area is 116 Å². The first-order valence-corrected chi connectivity index (χ1v) is 5.90. The number of aromatic nitrogens is 2. The summed E-state index contributed by atoms with van der Waals surface area (Å²) in [6.45, 7) is 0. The molecule has 0 atom stereocenters. The van der Waals surface area contributed by atoms with E-state index in [9.17, 15) is 13.2 Å². The van der Waals surface area contributed by atoms with Crippen molar-refractivity contribution in [1.82, 2.24) is 9.97 Å². The fourth-order valence-electron chi connectivity index (χ4n) is 1.79. The number of hydrogen-bond donors (Lipinski definition) is 0. The maximum atomic E-state index is 12.6. The molecule has 3 rings (SSSR count). The van der Waals surface area contributed by atoms with Gasteiger partial charge in [-0.15, -0.1) is 0 Å². The first-order valence-electron chi connectivity index (χ1n) is 5.53. The minimum absolute atomic E-state index is 0.258. The number of halogens is 4. The van der Waals surface area contributed by atoms with E-state index in [1.165, 1.54) is 18.3 Å². The Kier molecular flexibility index (Phi) is 2.90. The summed E-state index contributed by atoms with van der Waals surface area (Å²) in [5.74, 6) is 0.258. The van der Waals surface area contributed by atoms with Gasteiger partial charge in [0.2, 0.25) is 0 Å². The van der Waals surface area contributed by atoms with Crippen molar-refractivity contribution in [2.75, 3.05) is 0 Å². The molecule has 0 unspecified atom stereocenters. The van der Waals surface area contributed by atoms with Crippen molar-refractivity contribution >= 4 is 22.7 Å². The van der Waals surface area contributed by atoms with E-state index in [2.05, 4.69) is 9.97 Å². The van der Waals surface area contributed by atoms with Crippen LogP contribution in [0.15, 0.2) is 41.1 Å². The lowest BCUT2D eigenvalue weighted by molar-refractivity contribution is -0.141. The molecule has 0 saturated carbocycles. The Hall–Kier alpha value is -2.08. The summed E-state index contributed by atoms with van der Waals surface area (Å²) in [6.07, 6.45) is -1.92. The van der Waals surface area contributed by atoms with Crippen molar-refractivity contribution < 1.29 is 17.6 Å². The monoisotopic (exact) mass is 298 g/mol. The number of rotatable bonds is 1. The van der Waals surface area contributed by atoms with E-state index < -0.39 is 11.9 Å². The SMILES string of the molecule is FC(F)(F)c1cc(-c2cc3nccc(Cl)c3o2)ccn1. The molecule has 102 valence electrons. The molecule has 0 bridgehead atoms. The molecule has 3 nitrogen and oxygen atoms in total. The Morgan fingerprint density at radius 1 is 1.05 bits per heavy atom. The smallest absolute Gasteiger partial charge is 0.433 e. The van der Waals surface area contributed by atoms with Gasteiger partial charge in [0.25, 0.3) is 0 Å². The molecular weight excluding hydrogens is 293 g/mol. The molecule has 0 aliphatic heterocycles. The van der Waals surface area contributed by atoms with E-state index in [0.29, 0.717) is 16.1 Å². The molecule has 3 heterocycles. The molecule has 0 aliphatic rings. The van der Waals surface area contributed by atoms with Crippen LogP contribution in [0.2, 0.25) is 5.02 Å². The molecule has 0 aromatic carbocycles. The number of fused-ring (bicyclic) bond motifs is 1. The standard InChI is InChI=1S/C13H6ClF3N2O/c14-8-2-4-18-9-6-10(20-12(8)9)7-1-3-19-11(5-7)13(15,16)17/h1-6H. The maximum Gasteiger partial charge on any atom is 0.433 e. The predicted octanol–water partition coefficient (Wildman–Crippen LogP) is 4.56. The predicted molar refractivity (Wildman–Crippen MR) is 67.3 cm³/mol. The largest absolute Gasteiger partial charge is 0.453 e. The molecule has 3 aromatic heterocycles. The lowest BCUT2D eigenvalue weighted by Crippen LogP contribution is -2.07. The zero-order chi connectivity index (χ0) is 14.3. The van der Waals surface area contributed by atoms with E-state index in [1.54, 1.807) is 6.07 Å². The van der Waals surface area contributed by atoms with Crippen LogP contribution in [0.4, 0.5) is 13.2 Å². The van der Waals surface area contributed by atoms with Gasteiger partial charge in [-0.05, 0) is 18.2 Å². The fraction of sp³-hybridized carbons (Fsp3) is 0.0769. The zero-order valence-corrected chi connectivity index (χ0v) is 10.5. The number of alkyl halides is 3. The minimum Gasteiger partial charge on any atom is -0.453 e. The Morgan fingerprint density at radius 3 is 2.50 bits per heavy atom. The first-order chi connectivity index (χ1) is 9.45. The van der Waals surface area contributed by atoms with Crippen LogP contribution in [0, 0.1) is 0 Å². The molecule has 0 N–H and O–H groups in total. The highest BCUT2D eigenvalue weighted by molar-refractivity contribution is 6.34. The van der Waals surface area contributed by atoms with Crippen molar-refractivity contribution in [3.05, 3.63) is 47.4 Å². The van der Waals surface area contributed by atoms with E-state index in [0.717, 1.165) is 12.3 Å². The summed E-state index contributed by atoms with van der Waals surface area (Å²) in [5.41, 5.74) is 0.114. The highest BCUT2D eigenvalue weighted by Gasteiger charge is 2.32. The molecule has 20 heavy (non-hydrogen) atoms. The van der Waals surface area contributed by atoms with Gasteiger partial charge in [-0.2, -0.15) is 13.2 Å². The molecule has 0 spiro atoms. The van der Waals surface area contributed by atoms with Gasteiger partial charge in [-0.1, -0.05) is 11.6 Å². The number of furan rings is 1. The molecule has 0 amide bonds. The Bertz CT molecular complexity index is 783. The average Bonchev–Trinajstić information content (AvgIpc) is 2.83. The number of pyridine rings is 2. The molecular formula is C13H6ClF3N2O. The first kappa shape index (κ1) is 12.9. The molecule has 7 heteroatoms. The van der Waals surface area contributed by atoms with Crippen LogP contribution in [-0.4, -0.2) is 9.97 Å². The second-order valence-electron chi connectivity index (χ2n) is 4.05. The van der Waals surface area contributed by atoms with Crippen molar-refractivity contribution in [1.29, 1.82) is 0 Å². The number of hydrogen-bond acceptors (Lipinski definition) is 3. The summed E-state index contributed by atoms with van der Waals surface area (Å²) < 4.78 is 43.3. The minimum atomic E-state index is -4.50. The van der Waals surface area contributed by atoms with Gasteiger partial charge in [-0.3, -0.25) is 9.97 Å². The molecule has 0 fully saturated rings. The summed E-state index contributed by atoms with van der Waals surface area (Å²) >= 11 is 5.94. The normalized spacial score (nSPS) is 12.0. The van der Waals surface area contributed by atoms with Gasteiger partial charge in [0.1, 0.15) is 17.0 Å². The second kappa shape index (κ2) is 4.49. The van der Waals surface area contributed by atoms with Gasteiger partial charge in [0.05, 0.1) is 5.02 Å². The van der Waals surface area contributed by atoms with Gasteiger partial charge >= 0.3 is 6.18 Å². The molecule has 0 aliphatic carbocycles. The summed E-state index contributed by atoms with van der Waals surface area (Å²) in [4.78, 5) is 7.34. The zero-order valence-electron chi connectivity index (χ0n) is 9.78. The molecule has 3 aromatic rings. The van der Waals surface area contributed by atoms with E-state index >= 15 is 0 Å². The third-order valence-corrected chi connectivity index (χ3v) is 3.00. The third-order valence-electron chi connectivity index (χ3n) is 2.70. The van der Waals surface area contributed by atoms with Gasteiger partial charge in [0.15, 0.2) is 5.58 Å². The lowest BCUT2D eigenvalue weighted by atomic mass is 10.2. The molecule has 0 saturated heterocycles. The van der Waals surface area contributed by atoms with Crippen molar-refractivity contribution in [3.63, 3.8) is 0 Å². The van der Waals surface area contributed by atoms with E-state index in [4.69, 9.17) is 16.0 Å². The van der Waals surface area contributed by atoms with E-state index in [-0.39, 0.29) is 11.3 Å². The van der Waals surface area contributed by atoms with E-state index in [1.807, 2.05) is 0 Å². The van der Waals surface area contributed by atoms with Crippen LogP contribution in [0.3, 0.4) is 0 Å². The Morgan fingerprint density at radius 2 is 1.80 bits per heavy atom. The second-order valence-corrected chi connectivity index (χ2v) is 4.45. The van der Waals surface area contributed by atoms with Crippen LogP contribution < -0.4 is 0 Å². The quantitative estimate of drug-likeness (QED) is 0.661. The third kappa shape index (κ3) is 2.22. The number of nitrogens with zero attached hydrogens (tertiary/aromatic N) is 2. The summed E-state index contributed by atoms with van der Waals surface area (Å²) in [5, 5.41) is 0.353. The topological polar surface area (TPSA) is 38.9 Å². The maximum absolute atomic E-state index is 12.6.